The molecule has 1 aromatic carbocycles. The summed E-state index contributed by atoms with van der Waals surface area (Å²) in [7, 11) is 0. The molecule has 1 aromatic rings. The maximum atomic E-state index is 13.4. The molecule has 0 bridgehead atoms. The van der Waals surface area contributed by atoms with E-state index in [-0.39, 0.29) is 0 Å². The Morgan fingerprint density at radius 2 is 1.93 bits per heavy atom. The van der Waals surface area contributed by atoms with E-state index in [0.29, 0.717) is 12.1 Å². The summed E-state index contributed by atoms with van der Waals surface area (Å²) in [6.07, 6.45) is 0. The third-order valence-electron chi connectivity index (χ3n) is 2.67. The van der Waals surface area contributed by atoms with E-state index in [4.69, 9.17) is 11.5 Å². The summed E-state index contributed by atoms with van der Waals surface area (Å²) in [6, 6.07) is 2.86. The molecule has 0 aromatic heterocycles. The number of rotatable bonds is 3. The van der Waals surface area contributed by atoms with Crippen molar-refractivity contribution in [1.29, 1.82) is 0 Å². The molecule has 15 heavy (non-hydrogen) atoms. The molecule has 1 rings (SSSR count). The van der Waals surface area contributed by atoms with Gasteiger partial charge in [0, 0.05) is 17.7 Å². The van der Waals surface area contributed by atoms with Gasteiger partial charge in [-0.1, -0.05) is 19.9 Å². The quantitative estimate of drug-likeness (QED) is 0.808. The first kappa shape index (κ1) is 12.1. The minimum atomic E-state index is -0.621. The van der Waals surface area contributed by atoms with Crippen LogP contribution in [0.4, 0.5) is 8.78 Å². The van der Waals surface area contributed by atoms with Crippen LogP contribution in [0.1, 0.15) is 25.5 Å². The molecular weight excluding hydrogens is 198 g/mol. The smallest absolute Gasteiger partial charge is 0.130 e. The van der Waals surface area contributed by atoms with Crippen molar-refractivity contribution < 1.29 is 8.78 Å². The molecule has 0 aliphatic heterocycles. The van der Waals surface area contributed by atoms with Crippen molar-refractivity contribution in [3.63, 3.8) is 0 Å². The average Bonchev–Trinajstić information content (AvgIpc) is 2.17. The standard InChI is InChI=1S/C11H16F2N2/c1-11(2,6-14)10(15)8-4-3-7(12)5-9(8)13/h3-5,10H,6,14-15H2,1-2H3. The van der Waals surface area contributed by atoms with E-state index < -0.39 is 23.1 Å². The van der Waals surface area contributed by atoms with E-state index in [0.717, 1.165) is 6.07 Å². The van der Waals surface area contributed by atoms with E-state index in [2.05, 4.69) is 0 Å². The first-order valence-corrected chi connectivity index (χ1v) is 4.79. The van der Waals surface area contributed by atoms with E-state index in [1.165, 1.54) is 12.1 Å². The second-order valence-electron chi connectivity index (χ2n) is 4.34. The van der Waals surface area contributed by atoms with Crippen LogP contribution in [0.3, 0.4) is 0 Å². The fraction of sp³-hybridized carbons (Fsp3) is 0.455. The summed E-state index contributed by atoms with van der Waals surface area (Å²) < 4.78 is 26.1. The first-order valence-electron chi connectivity index (χ1n) is 4.79. The number of nitrogens with two attached hydrogens (primary N) is 2. The monoisotopic (exact) mass is 214 g/mol. The summed E-state index contributed by atoms with van der Waals surface area (Å²) >= 11 is 0. The van der Waals surface area contributed by atoms with Crippen LogP contribution in [-0.4, -0.2) is 6.54 Å². The van der Waals surface area contributed by atoms with Crippen molar-refractivity contribution in [3.05, 3.63) is 35.4 Å². The Bertz CT molecular complexity index is 350. The predicted octanol–water partition coefficient (Wildman–Crippen LogP) is 1.95. The lowest BCUT2D eigenvalue weighted by Gasteiger charge is -2.30. The molecule has 0 heterocycles. The fourth-order valence-electron chi connectivity index (χ4n) is 1.30. The second-order valence-corrected chi connectivity index (χ2v) is 4.34. The van der Waals surface area contributed by atoms with E-state index in [1.54, 1.807) is 0 Å². The molecule has 0 saturated heterocycles. The second kappa shape index (κ2) is 4.24. The lowest BCUT2D eigenvalue weighted by molar-refractivity contribution is 0.294. The van der Waals surface area contributed by atoms with Gasteiger partial charge in [-0.15, -0.1) is 0 Å². The topological polar surface area (TPSA) is 52.0 Å². The molecule has 0 radical (unpaired) electrons. The van der Waals surface area contributed by atoms with Gasteiger partial charge in [-0.25, -0.2) is 8.78 Å². The largest absolute Gasteiger partial charge is 0.330 e. The Labute approximate surface area is 88.3 Å². The van der Waals surface area contributed by atoms with E-state index >= 15 is 0 Å². The predicted molar refractivity (Wildman–Crippen MR) is 56.1 cm³/mol. The van der Waals surface area contributed by atoms with Crippen molar-refractivity contribution in [3.8, 4) is 0 Å². The molecule has 2 nitrogen and oxygen atoms in total. The van der Waals surface area contributed by atoms with Crippen molar-refractivity contribution in [2.75, 3.05) is 6.54 Å². The Balaban J connectivity index is 3.06. The third kappa shape index (κ3) is 2.52. The van der Waals surface area contributed by atoms with E-state index in [9.17, 15) is 8.78 Å². The number of hydrogen-bond acceptors (Lipinski definition) is 2. The number of hydrogen-bond donors (Lipinski definition) is 2. The summed E-state index contributed by atoms with van der Waals surface area (Å²) in [5, 5.41) is 0. The van der Waals surface area contributed by atoms with Crippen molar-refractivity contribution in [2.24, 2.45) is 16.9 Å². The lowest BCUT2D eigenvalue weighted by Crippen LogP contribution is -2.36. The maximum absolute atomic E-state index is 13.4. The summed E-state index contributed by atoms with van der Waals surface area (Å²) in [4.78, 5) is 0. The average molecular weight is 214 g/mol. The number of benzene rings is 1. The molecule has 0 aliphatic rings. The first-order chi connectivity index (χ1) is 6.88. The van der Waals surface area contributed by atoms with Crippen molar-refractivity contribution in [2.45, 2.75) is 19.9 Å². The lowest BCUT2D eigenvalue weighted by atomic mass is 9.81. The zero-order valence-electron chi connectivity index (χ0n) is 8.93. The van der Waals surface area contributed by atoms with Crippen LogP contribution in [0.2, 0.25) is 0 Å². The Morgan fingerprint density at radius 1 is 1.33 bits per heavy atom. The molecule has 0 saturated carbocycles. The fourth-order valence-corrected chi connectivity index (χ4v) is 1.30. The number of halogens is 2. The molecule has 0 amide bonds. The van der Waals surface area contributed by atoms with Crippen LogP contribution in [0.25, 0.3) is 0 Å². The van der Waals surface area contributed by atoms with E-state index in [1.807, 2.05) is 13.8 Å². The van der Waals surface area contributed by atoms with Gasteiger partial charge >= 0.3 is 0 Å². The van der Waals surface area contributed by atoms with Crippen LogP contribution >= 0.6 is 0 Å². The minimum Gasteiger partial charge on any atom is -0.330 e. The Morgan fingerprint density at radius 3 is 2.40 bits per heavy atom. The van der Waals surface area contributed by atoms with Gasteiger partial charge in [0.15, 0.2) is 0 Å². The normalized spacial score (nSPS) is 14.0. The van der Waals surface area contributed by atoms with Crippen LogP contribution in [0.15, 0.2) is 18.2 Å². The molecule has 1 atom stereocenters. The van der Waals surface area contributed by atoms with Crippen LogP contribution in [0.5, 0.6) is 0 Å². The molecule has 84 valence electrons. The highest BCUT2D eigenvalue weighted by atomic mass is 19.1. The molecule has 1 unspecified atom stereocenters. The third-order valence-corrected chi connectivity index (χ3v) is 2.67. The van der Waals surface area contributed by atoms with Gasteiger partial charge < -0.3 is 11.5 Å². The summed E-state index contributed by atoms with van der Waals surface area (Å²) in [5.41, 5.74) is 11.3. The van der Waals surface area contributed by atoms with Crippen LogP contribution in [-0.2, 0) is 0 Å². The van der Waals surface area contributed by atoms with Crippen LogP contribution < -0.4 is 11.5 Å². The molecular formula is C11H16F2N2. The van der Waals surface area contributed by atoms with Gasteiger partial charge in [0.2, 0.25) is 0 Å². The summed E-state index contributed by atoms with van der Waals surface area (Å²) in [5.74, 6) is -1.22. The summed E-state index contributed by atoms with van der Waals surface area (Å²) in [6.45, 7) is 4.03. The van der Waals surface area contributed by atoms with Crippen molar-refractivity contribution in [1.82, 2.24) is 0 Å². The van der Waals surface area contributed by atoms with Gasteiger partial charge in [0.05, 0.1) is 0 Å². The molecule has 4 heteroatoms. The highest BCUT2D eigenvalue weighted by Gasteiger charge is 2.28. The zero-order valence-corrected chi connectivity index (χ0v) is 8.93. The highest BCUT2D eigenvalue weighted by molar-refractivity contribution is 5.23. The molecule has 4 N–H and O–H groups in total. The highest BCUT2D eigenvalue weighted by Crippen LogP contribution is 2.31. The van der Waals surface area contributed by atoms with Gasteiger partial charge in [-0.2, -0.15) is 0 Å². The minimum absolute atomic E-state index is 0.298. The van der Waals surface area contributed by atoms with Crippen LogP contribution in [0, 0.1) is 17.0 Å². The molecule has 0 spiro atoms. The Hall–Kier alpha value is -1.00. The maximum Gasteiger partial charge on any atom is 0.130 e. The van der Waals surface area contributed by atoms with Crippen molar-refractivity contribution >= 4 is 0 Å². The van der Waals surface area contributed by atoms with Gasteiger partial charge in [0.25, 0.3) is 0 Å². The van der Waals surface area contributed by atoms with Gasteiger partial charge in [-0.3, -0.25) is 0 Å². The van der Waals surface area contributed by atoms with Gasteiger partial charge in [0.1, 0.15) is 11.6 Å². The zero-order chi connectivity index (χ0) is 11.6. The van der Waals surface area contributed by atoms with Gasteiger partial charge in [-0.05, 0) is 18.0 Å². The SMILES string of the molecule is CC(C)(CN)C(N)c1ccc(F)cc1F. The Kier molecular flexibility index (Phi) is 3.42. The molecule has 0 fully saturated rings. The molecule has 0 aliphatic carbocycles.